The molecule has 2 atom stereocenters. The van der Waals surface area contributed by atoms with Crippen molar-refractivity contribution in [1.29, 1.82) is 0 Å². The molecule has 0 amide bonds. The number of nitrogens with zero attached hydrogens (tertiary/aromatic N) is 1. The molecule has 2 rings (SSSR count). The van der Waals surface area contributed by atoms with Gasteiger partial charge in [-0.1, -0.05) is 0 Å². The molecule has 19 heavy (non-hydrogen) atoms. The second-order valence-corrected chi connectivity index (χ2v) is 5.19. The molecule has 0 radical (unpaired) electrons. The molecule has 1 aromatic rings. The van der Waals surface area contributed by atoms with E-state index >= 15 is 0 Å². The average molecular weight is 262 g/mol. The zero-order valence-corrected chi connectivity index (χ0v) is 11.6. The van der Waals surface area contributed by atoms with Crippen LogP contribution in [-0.4, -0.2) is 42.7 Å². The van der Waals surface area contributed by atoms with Crippen LogP contribution in [0.25, 0.3) is 0 Å². The number of Topliss-reactive ketones (excluding diaryl/α,β-unsaturated/α-hetero) is 1. The summed E-state index contributed by atoms with van der Waals surface area (Å²) >= 11 is 0. The van der Waals surface area contributed by atoms with Crippen molar-refractivity contribution in [1.82, 2.24) is 5.32 Å². The molecular formula is C15H22N2O2. The number of nitrogens with one attached hydrogen (secondary N) is 1. The SMILES string of the molecule is CC(=O)c1ccc(N2C(C)CCNCC2CO)cc1. The van der Waals surface area contributed by atoms with Gasteiger partial charge in [0, 0.05) is 23.8 Å². The van der Waals surface area contributed by atoms with E-state index in [0.29, 0.717) is 6.04 Å². The number of aliphatic hydroxyl groups is 1. The fourth-order valence-electron chi connectivity index (χ4n) is 2.66. The number of benzene rings is 1. The highest BCUT2D eigenvalue weighted by atomic mass is 16.3. The van der Waals surface area contributed by atoms with E-state index in [1.807, 2.05) is 24.3 Å². The van der Waals surface area contributed by atoms with Gasteiger partial charge in [-0.25, -0.2) is 0 Å². The summed E-state index contributed by atoms with van der Waals surface area (Å²) in [6, 6.07) is 8.12. The number of carbonyl (C=O) groups excluding carboxylic acids is 1. The summed E-state index contributed by atoms with van der Waals surface area (Å²) in [4.78, 5) is 13.6. The minimum absolute atomic E-state index is 0.0795. The van der Waals surface area contributed by atoms with Crippen LogP contribution in [0.15, 0.2) is 24.3 Å². The minimum atomic E-state index is 0.0795. The first kappa shape index (κ1) is 14.0. The van der Waals surface area contributed by atoms with Gasteiger partial charge in [0.25, 0.3) is 0 Å². The molecule has 1 aliphatic rings. The first-order chi connectivity index (χ1) is 9.13. The Morgan fingerprint density at radius 3 is 2.68 bits per heavy atom. The molecule has 0 spiro atoms. The van der Waals surface area contributed by atoms with Gasteiger partial charge in [0.05, 0.1) is 12.6 Å². The van der Waals surface area contributed by atoms with Gasteiger partial charge in [-0.15, -0.1) is 0 Å². The van der Waals surface area contributed by atoms with Crippen molar-refractivity contribution in [3.8, 4) is 0 Å². The topological polar surface area (TPSA) is 52.6 Å². The molecule has 1 heterocycles. The van der Waals surface area contributed by atoms with Gasteiger partial charge in [-0.05, 0) is 51.1 Å². The van der Waals surface area contributed by atoms with Crippen molar-refractivity contribution < 1.29 is 9.90 Å². The Labute approximate surface area is 114 Å². The monoisotopic (exact) mass is 262 g/mol. The van der Waals surface area contributed by atoms with Crippen LogP contribution in [0.3, 0.4) is 0 Å². The number of carbonyl (C=O) groups is 1. The predicted molar refractivity (Wildman–Crippen MR) is 76.7 cm³/mol. The lowest BCUT2D eigenvalue weighted by Gasteiger charge is -2.35. The molecule has 1 fully saturated rings. The summed E-state index contributed by atoms with van der Waals surface area (Å²) in [5.74, 6) is 0.0795. The first-order valence-electron chi connectivity index (χ1n) is 6.84. The molecular weight excluding hydrogens is 240 g/mol. The van der Waals surface area contributed by atoms with Gasteiger partial charge in [0.15, 0.2) is 5.78 Å². The number of ketones is 1. The van der Waals surface area contributed by atoms with E-state index in [-0.39, 0.29) is 18.4 Å². The van der Waals surface area contributed by atoms with Crippen LogP contribution < -0.4 is 10.2 Å². The van der Waals surface area contributed by atoms with Crippen LogP contribution >= 0.6 is 0 Å². The molecule has 104 valence electrons. The summed E-state index contributed by atoms with van der Waals surface area (Å²) < 4.78 is 0. The Bertz CT molecular complexity index is 430. The van der Waals surface area contributed by atoms with E-state index in [1.165, 1.54) is 0 Å². The third-order valence-electron chi connectivity index (χ3n) is 3.77. The van der Waals surface area contributed by atoms with Crippen LogP contribution in [0.1, 0.15) is 30.6 Å². The summed E-state index contributed by atoms with van der Waals surface area (Å²) in [7, 11) is 0. The van der Waals surface area contributed by atoms with Crippen LogP contribution in [0, 0.1) is 0 Å². The van der Waals surface area contributed by atoms with Gasteiger partial charge in [-0.2, -0.15) is 0 Å². The molecule has 1 aliphatic heterocycles. The molecule has 1 saturated heterocycles. The second kappa shape index (κ2) is 6.17. The maximum absolute atomic E-state index is 11.3. The third kappa shape index (κ3) is 3.14. The van der Waals surface area contributed by atoms with Crippen LogP contribution in [-0.2, 0) is 0 Å². The van der Waals surface area contributed by atoms with Crippen molar-refractivity contribution in [2.24, 2.45) is 0 Å². The van der Waals surface area contributed by atoms with Crippen LogP contribution in [0.2, 0.25) is 0 Å². The van der Waals surface area contributed by atoms with Crippen LogP contribution in [0.5, 0.6) is 0 Å². The average Bonchev–Trinajstić information content (AvgIpc) is 2.60. The van der Waals surface area contributed by atoms with Gasteiger partial charge in [0.2, 0.25) is 0 Å². The summed E-state index contributed by atoms with van der Waals surface area (Å²) in [6.45, 7) is 5.64. The van der Waals surface area contributed by atoms with Gasteiger partial charge < -0.3 is 15.3 Å². The second-order valence-electron chi connectivity index (χ2n) is 5.19. The number of hydrogen-bond acceptors (Lipinski definition) is 4. The summed E-state index contributed by atoms with van der Waals surface area (Å²) in [5.41, 5.74) is 1.80. The number of rotatable bonds is 3. The van der Waals surface area contributed by atoms with E-state index in [2.05, 4.69) is 17.1 Å². The number of hydrogen-bond donors (Lipinski definition) is 2. The van der Waals surface area contributed by atoms with Gasteiger partial charge >= 0.3 is 0 Å². The van der Waals surface area contributed by atoms with E-state index < -0.39 is 0 Å². The molecule has 1 aromatic carbocycles. The Hall–Kier alpha value is -1.39. The van der Waals surface area contributed by atoms with E-state index in [0.717, 1.165) is 30.8 Å². The highest BCUT2D eigenvalue weighted by Crippen LogP contribution is 2.23. The molecule has 2 unspecified atom stereocenters. The molecule has 0 bridgehead atoms. The molecule has 2 N–H and O–H groups in total. The van der Waals surface area contributed by atoms with Gasteiger partial charge in [-0.3, -0.25) is 4.79 Å². The van der Waals surface area contributed by atoms with Crippen molar-refractivity contribution in [3.05, 3.63) is 29.8 Å². The Balaban J connectivity index is 2.27. The van der Waals surface area contributed by atoms with E-state index in [9.17, 15) is 9.90 Å². The Kier molecular flexibility index (Phi) is 4.56. The quantitative estimate of drug-likeness (QED) is 0.809. The van der Waals surface area contributed by atoms with Crippen molar-refractivity contribution in [2.75, 3.05) is 24.6 Å². The Morgan fingerprint density at radius 1 is 1.42 bits per heavy atom. The summed E-state index contributed by atoms with van der Waals surface area (Å²) in [5, 5.41) is 12.9. The predicted octanol–water partition coefficient (Wildman–Crippen LogP) is 1.44. The lowest BCUT2D eigenvalue weighted by Crippen LogP contribution is -2.46. The summed E-state index contributed by atoms with van der Waals surface area (Å²) in [6.07, 6.45) is 1.05. The molecule has 0 aliphatic carbocycles. The van der Waals surface area contributed by atoms with Gasteiger partial charge in [0.1, 0.15) is 0 Å². The van der Waals surface area contributed by atoms with E-state index in [1.54, 1.807) is 6.92 Å². The van der Waals surface area contributed by atoms with E-state index in [4.69, 9.17) is 0 Å². The lowest BCUT2D eigenvalue weighted by atomic mass is 10.1. The standard InChI is InChI=1S/C15H22N2O2/c1-11-7-8-16-9-15(10-18)17(11)14-5-3-13(4-6-14)12(2)19/h3-6,11,15-16,18H,7-10H2,1-2H3. The van der Waals surface area contributed by atoms with Crippen molar-refractivity contribution >= 4 is 11.5 Å². The maximum Gasteiger partial charge on any atom is 0.159 e. The first-order valence-corrected chi connectivity index (χ1v) is 6.84. The smallest absolute Gasteiger partial charge is 0.159 e. The molecule has 0 saturated carbocycles. The number of anilines is 1. The fraction of sp³-hybridized carbons (Fsp3) is 0.533. The zero-order valence-electron chi connectivity index (χ0n) is 11.6. The largest absolute Gasteiger partial charge is 0.394 e. The van der Waals surface area contributed by atoms with Crippen LogP contribution in [0.4, 0.5) is 5.69 Å². The molecule has 4 nitrogen and oxygen atoms in total. The zero-order chi connectivity index (χ0) is 13.8. The normalized spacial score (nSPS) is 24.1. The Morgan fingerprint density at radius 2 is 2.11 bits per heavy atom. The number of aliphatic hydroxyl groups excluding tert-OH is 1. The molecule has 4 heteroatoms. The highest BCUT2D eigenvalue weighted by molar-refractivity contribution is 5.94. The fourth-order valence-corrected chi connectivity index (χ4v) is 2.66. The third-order valence-corrected chi connectivity index (χ3v) is 3.77. The lowest BCUT2D eigenvalue weighted by molar-refractivity contribution is 0.101. The van der Waals surface area contributed by atoms with Crippen molar-refractivity contribution in [2.45, 2.75) is 32.4 Å². The minimum Gasteiger partial charge on any atom is -0.394 e. The maximum atomic E-state index is 11.3. The van der Waals surface area contributed by atoms with Crippen molar-refractivity contribution in [3.63, 3.8) is 0 Å². The molecule has 0 aromatic heterocycles. The highest BCUT2D eigenvalue weighted by Gasteiger charge is 2.25.